The van der Waals surface area contributed by atoms with Crippen LogP contribution in [0.4, 0.5) is 5.69 Å². The van der Waals surface area contributed by atoms with Gasteiger partial charge < -0.3 is 5.32 Å². The van der Waals surface area contributed by atoms with E-state index in [1.807, 2.05) is 36.5 Å². The third-order valence-electron chi connectivity index (χ3n) is 3.08. The molecule has 3 rings (SSSR count). The van der Waals surface area contributed by atoms with Crippen LogP contribution in [0.5, 0.6) is 0 Å². The molecule has 0 aliphatic carbocycles. The van der Waals surface area contributed by atoms with Gasteiger partial charge in [-0.1, -0.05) is 17.7 Å². The number of nitrogens with zero attached hydrogens (tertiary/aromatic N) is 3. The van der Waals surface area contributed by atoms with E-state index in [0.717, 1.165) is 17.1 Å². The van der Waals surface area contributed by atoms with Gasteiger partial charge in [-0.3, -0.25) is 5.10 Å². The number of rotatable bonds is 4. The van der Waals surface area contributed by atoms with Crippen LogP contribution in [-0.4, -0.2) is 20.0 Å². The van der Waals surface area contributed by atoms with Crippen LogP contribution >= 0.6 is 11.6 Å². The minimum absolute atomic E-state index is 0.0882. The molecule has 2 aromatic heterocycles. The molecule has 5 nitrogen and oxygen atoms in total. The second-order valence-electron chi connectivity index (χ2n) is 4.46. The van der Waals surface area contributed by atoms with E-state index >= 15 is 0 Å². The van der Waals surface area contributed by atoms with Gasteiger partial charge >= 0.3 is 0 Å². The molecule has 1 aromatic carbocycles. The van der Waals surface area contributed by atoms with Crippen LogP contribution in [0, 0.1) is 0 Å². The number of benzene rings is 1. The van der Waals surface area contributed by atoms with Gasteiger partial charge in [0.25, 0.3) is 0 Å². The summed E-state index contributed by atoms with van der Waals surface area (Å²) in [6.07, 6.45) is 5.33. The van der Waals surface area contributed by atoms with Gasteiger partial charge in [0, 0.05) is 18.6 Å². The van der Waals surface area contributed by atoms with Crippen LogP contribution in [-0.2, 0) is 0 Å². The molecule has 2 heterocycles. The Kier molecular flexibility index (Phi) is 3.43. The largest absolute Gasteiger partial charge is 0.375 e. The standard InChI is InChI=1S/C14H14ClN5/c1-10(12-6-8-16-19-12)18-13-5-2-4-11(15)14(13)20-9-3-7-17-20/h2-10,18H,1H3,(H,16,19). The molecule has 0 aliphatic rings. The summed E-state index contributed by atoms with van der Waals surface area (Å²) >= 11 is 6.31. The highest BCUT2D eigenvalue weighted by Crippen LogP contribution is 2.30. The maximum Gasteiger partial charge on any atom is 0.106 e. The minimum atomic E-state index is 0.0882. The quantitative estimate of drug-likeness (QED) is 0.773. The van der Waals surface area contributed by atoms with Crippen molar-refractivity contribution in [1.29, 1.82) is 0 Å². The molecular formula is C14H14ClN5. The lowest BCUT2D eigenvalue weighted by Gasteiger charge is -2.18. The van der Waals surface area contributed by atoms with E-state index in [1.165, 1.54) is 0 Å². The van der Waals surface area contributed by atoms with E-state index < -0.39 is 0 Å². The van der Waals surface area contributed by atoms with Crippen LogP contribution in [0.3, 0.4) is 0 Å². The average Bonchev–Trinajstić information content (AvgIpc) is 3.12. The van der Waals surface area contributed by atoms with E-state index in [9.17, 15) is 0 Å². The summed E-state index contributed by atoms with van der Waals surface area (Å²) in [5.74, 6) is 0. The van der Waals surface area contributed by atoms with Gasteiger partial charge in [-0.25, -0.2) is 4.68 Å². The van der Waals surface area contributed by atoms with Crippen molar-refractivity contribution in [2.45, 2.75) is 13.0 Å². The number of para-hydroxylation sites is 1. The Bertz CT molecular complexity index is 676. The molecule has 0 fully saturated rings. The molecule has 20 heavy (non-hydrogen) atoms. The molecule has 0 amide bonds. The van der Waals surface area contributed by atoms with E-state index in [-0.39, 0.29) is 6.04 Å². The van der Waals surface area contributed by atoms with Crippen molar-refractivity contribution < 1.29 is 0 Å². The van der Waals surface area contributed by atoms with Gasteiger partial charge in [-0.05, 0) is 31.2 Å². The van der Waals surface area contributed by atoms with Crippen LogP contribution in [0.25, 0.3) is 5.69 Å². The number of H-pyrrole nitrogens is 1. The van der Waals surface area contributed by atoms with Gasteiger partial charge in [0.2, 0.25) is 0 Å². The van der Waals surface area contributed by atoms with Crippen LogP contribution in [0.2, 0.25) is 5.02 Å². The smallest absolute Gasteiger partial charge is 0.106 e. The number of nitrogens with one attached hydrogen (secondary N) is 2. The summed E-state index contributed by atoms with van der Waals surface area (Å²) in [7, 11) is 0. The van der Waals surface area contributed by atoms with Crippen molar-refractivity contribution in [3.8, 4) is 5.69 Å². The number of aromatic nitrogens is 4. The summed E-state index contributed by atoms with van der Waals surface area (Å²) in [5.41, 5.74) is 2.77. The van der Waals surface area contributed by atoms with Crippen LogP contribution in [0.1, 0.15) is 18.7 Å². The van der Waals surface area contributed by atoms with E-state index in [4.69, 9.17) is 11.6 Å². The first kappa shape index (κ1) is 12.7. The zero-order valence-electron chi connectivity index (χ0n) is 10.9. The van der Waals surface area contributed by atoms with Crippen molar-refractivity contribution >= 4 is 17.3 Å². The number of hydrogen-bond donors (Lipinski definition) is 2. The lowest BCUT2D eigenvalue weighted by molar-refractivity contribution is 0.816. The molecule has 0 spiro atoms. The normalized spacial score (nSPS) is 12.3. The Balaban J connectivity index is 1.96. The molecule has 2 N–H and O–H groups in total. The Morgan fingerprint density at radius 1 is 1.25 bits per heavy atom. The topological polar surface area (TPSA) is 58.5 Å². The summed E-state index contributed by atoms with van der Waals surface area (Å²) in [5, 5.41) is 15.2. The molecular weight excluding hydrogens is 274 g/mol. The van der Waals surface area contributed by atoms with Gasteiger partial charge in [-0.15, -0.1) is 0 Å². The van der Waals surface area contributed by atoms with Gasteiger partial charge in [0.1, 0.15) is 5.69 Å². The first-order chi connectivity index (χ1) is 9.75. The molecule has 3 aromatic rings. The molecule has 0 bridgehead atoms. The maximum atomic E-state index is 6.31. The average molecular weight is 288 g/mol. The fraction of sp³-hybridized carbons (Fsp3) is 0.143. The van der Waals surface area contributed by atoms with Gasteiger partial charge in [0.05, 0.1) is 22.4 Å². The highest BCUT2D eigenvalue weighted by molar-refractivity contribution is 6.33. The van der Waals surface area contributed by atoms with E-state index in [2.05, 4.69) is 27.5 Å². The number of halogens is 1. The highest BCUT2D eigenvalue weighted by Gasteiger charge is 2.13. The maximum absolute atomic E-state index is 6.31. The van der Waals surface area contributed by atoms with E-state index in [1.54, 1.807) is 17.1 Å². The predicted molar refractivity (Wildman–Crippen MR) is 79.2 cm³/mol. The zero-order valence-corrected chi connectivity index (χ0v) is 11.7. The van der Waals surface area contributed by atoms with Crippen LogP contribution < -0.4 is 5.32 Å². The minimum Gasteiger partial charge on any atom is -0.375 e. The number of aromatic amines is 1. The van der Waals surface area contributed by atoms with Crippen molar-refractivity contribution in [3.05, 3.63) is 59.6 Å². The Hall–Kier alpha value is -2.27. The third kappa shape index (κ3) is 2.40. The Labute approximate surface area is 121 Å². The van der Waals surface area contributed by atoms with E-state index in [0.29, 0.717) is 5.02 Å². The second-order valence-corrected chi connectivity index (χ2v) is 4.87. The molecule has 1 atom stereocenters. The molecule has 0 radical (unpaired) electrons. The molecule has 0 aliphatic heterocycles. The third-order valence-corrected chi connectivity index (χ3v) is 3.39. The molecule has 1 unspecified atom stereocenters. The molecule has 0 saturated heterocycles. The number of anilines is 1. The lowest BCUT2D eigenvalue weighted by atomic mass is 10.2. The zero-order chi connectivity index (χ0) is 13.9. The Morgan fingerprint density at radius 3 is 2.85 bits per heavy atom. The first-order valence-electron chi connectivity index (χ1n) is 6.30. The first-order valence-corrected chi connectivity index (χ1v) is 6.68. The molecule has 102 valence electrons. The monoisotopic (exact) mass is 287 g/mol. The van der Waals surface area contributed by atoms with Crippen molar-refractivity contribution in [1.82, 2.24) is 20.0 Å². The van der Waals surface area contributed by atoms with Crippen LogP contribution in [0.15, 0.2) is 48.9 Å². The van der Waals surface area contributed by atoms with Crippen molar-refractivity contribution in [2.75, 3.05) is 5.32 Å². The number of hydrogen-bond acceptors (Lipinski definition) is 3. The fourth-order valence-electron chi connectivity index (χ4n) is 2.08. The molecule has 6 heteroatoms. The summed E-state index contributed by atoms with van der Waals surface area (Å²) in [6, 6.07) is 9.64. The van der Waals surface area contributed by atoms with Crippen molar-refractivity contribution in [3.63, 3.8) is 0 Å². The summed E-state index contributed by atoms with van der Waals surface area (Å²) < 4.78 is 1.75. The van der Waals surface area contributed by atoms with Crippen molar-refractivity contribution in [2.24, 2.45) is 0 Å². The predicted octanol–water partition coefficient (Wildman–Crippen LogP) is 3.42. The summed E-state index contributed by atoms with van der Waals surface area (Å²) in [6.45, 7) is 2.06. The summed E-state index contributed by atoms with van der Waals surface area (Å²) in [4.78, 5) is 0. The van der Waals surface area contributed by atoms with Gasteiger partial charge in [0.15, 0.2) is 0 Å². The lowest BCUT2D eigenvalue weighted by Crippen LogP contribution is -2.10. The van der Waals surface area contributed by atoms with Gasteiger partial charge in [-0.2, -0.15) is 10.2 Å². The Morgan fingerprint density at radius 2 is 2.15 bits per heavy atom. The molecule has 0 saturated carbocycles. The highest BCUT2D eigenvalue weighted by atomic mass is 35.5. The second kappa shape index (κ2) is 5.38. The SMILES string of the molecule is CC(Nc1cccc(Cl)c1-n1cccn1)c1ccn[nH]1. The fourth-order valence-corrected chi connectivity index (χ4v) is 2.35.